The van der Waals surface area contributed by atoms with Crippen LogP contribution in [0.2, 0.25) is 0 Å². The van der Waals surface area contributed by atoms with Gasteiger partial charge in [0.25, 0.3) is 0 Å². The molecule has 0 aliphatic carbocycles. The van der Waals surface area contributed by atoms with Gasteiger partial charge in [-0.2, -0.15) is 0 Å². The summed E-state index contributed by atoms with van der Waals surface area (Å²) in [6.45, 7) is 4.57. The average Bonchev–Trinajstić information content (AvgIpc) is 3.50. The van der Waals surface area contributed by atoms with Gasteiger partial charge in [-0.15, -0.1) is 0 Å². The van der Waals surface area contributed by atoms with Gasteiger partial charge in [-0.25, -0.2) is 24.9 Å². The monoisotopic (exact) mass is 494 g/mol. The molecule has 1 N–H and O–H groups in total. The number of rotatable bonds is 5. The van der Waals surface area contributed by atoms with Crippen LogP contribution in [0.4, 0.5) is 17.5 Å². The van der Waals surface area contributed by atoms with Crippen LogP contribution in [0.25, 0.3) is 22.1 Å². The number of nitrogens with zero attached hydrogens (tertiary/aromatic N) is 7. The number of anilines is 3. The number of hydrogen-bond acceptors (Lipinski definition) is 9. The molecule has 0 unspecified atom stereocenters. The fraction of sp³-hybridized carbons (Fsp3) is 0.296. The van der Waals surface area contributed by atoms with Gasteiger partial charge in [0.15, 0.2) is 5.82 Å². The lowest BCUT2D eigenvalue weighted by atomic mass is 9.94. The predicted molar refractivity (Wildman–Crippen MR) is 141 cm³/mol. The predicted octanol–water partition coefficient (Wildman–Crippen LogP) is 4.52. The van der Waals surface area contributed by atoms with Crippen molar-refractivity contribution in [2.45, 2.75) is 25.4 Å². The average molecular weight is 495 g/mol. The second-order valence-corrected chi connectivity index (χ2v) is 9.79. The fourth-order valence-electron chi connectivity index (χ4n) is 5.10. The van der Waals surface area contributed by atoms with Gasteiger partial charge in [0.1, 0.15) is 28.9 Å². The molecule has 5 aromatic rings. The highest BCUT2D eigenvalue weighted by molar-refractivity contribution is 5.87. The van der Waals surface area contributed by atoms with Crippen LogP contribution in [-0.4, -0.2) is 54.8 Å². The van der Waals surface area contributed by atoms with Gasteiger partial charge < -0.3 is 24.3 Å². The zero-order valence-electron chi connectivity index (χ0n) is 20.7. The number of aromatic nitrogens is 6. The minimum atomic E-state index is -0.0166. The van der Waals surface area contributed by atoms with Crippen molar-refractivity contribution in [1.82, 2.24) is 29.5 Å². The first-order valence-electron chi connectivity index (χ1n) is 12.4. The SMILES string of the molecule is Cc1cc(Nc2ncnc3cnc(N4CC[C@]5(CCO5)C4)nc23)ccc1Oc1ccc2c(c1)ncn2C. The molecule has 2 aromatic carbocycles. The Morgan fingerprint density at radius 1 is 1.03 bits per heavy atom. The molecule has 0 saturated carbocycles. The molecule has 5 heterocycles. The normalized spacial score (nSPS) is 19.0. The first kappa shape index (κ1) is 21.9. The Kier molecular flexibility index (Phi) is 4.97. The molecule has 186 valence electrons. The molecule has 0 bridgehead atoms. The summed E-state index contributed by atoms with van der Waals surface area (Å²) in [5.41, 5.74) is 5.19. The quantitative estimate of drug-likeness (QED) is 0.378. The lowest BCUT2D eigenvalue weighted by molar-refractivity contribution is -0.130. The number of hydrogen-bond donors (Lipinski definition) is 1. The summed E-state index contributed by atoms with van der Waals surface area (Å²) in [7, 11) is 1.98. The zero-order chi connectivity index (χ0) is 25.0. The van der Waals surface area contributed by atoms with Crippen molar-refractivity contribution in [1.29, 1.82) is 0 Å². The standard InChI is InChI=1S/C27H26N8O2/c1-17-11-18(3-6-23(17)37-19-4-5-22-20(12-19)31-16-34(22)2)32-25-24-21(29-15-30-25)13-28-26(33-24)35-9-7-27(14-35)8-10-36-27/h3-6,11-13,15-16H,7-10,14H2,1-2H3,(H,29,30,32)/t27-/m0/s1. The molecule has 10 nitrogen and oxygen atoms in total. The van der Waals surface area contributed by atoms with Crippen molar-refractivity contribution < 1.29 is 9.47 Å². The smallest absolute Gasteiger partial charge is 0.226 e. The highest BCUT2D eigenvalue weighted by Crippen LogP contribution is 2.37. The fourth-order valence-corrected chi connectivity index (χ4v) is 5.10. The van der Waals surface area contributed by atoms with Gasteiger partial charge in [-0.05, 0) is 49.2 Å². The first-order chi connectivity index (χ1) is 18.1. The topological polar surface area (TPSA) is 103 Å². The molecule has 10 heteroatoms. The van der Waals surface area contributed by atoms with Gasteiger partial charge in [0.05, 0.1) is 42.3 Å². The first-order valence-corrected chi connectivity index (χ1v) is 12.4. The van der Waals surface area contributed by atoms with Crippen LogP contribution >= 0.6 is 0 Å². The van der Waals surface area contributed by atoms with E-state index in [4.69, 9.17) is 14.5 Å². The van der Waals surface area contributed by atoms with Crippen LogP contribution in [0, 0.1) is 6.92 Å². The summed E-state index contributed by atoms with van der Waals surface area (Å²) in [4.78, 5) is 24.9. The molecule has 2 aliphatic heterocycles. The van der Waals surface area contributed by atoms with E-state index in [1.54, 1.807) is 12.5 Å². The van der Waals surface area contributed by atoms with E-state index in [2.05, 4.69) is 30.2 Å². The summed E-state index contributed by atoms with van der Waals surface area (Å²) in [5, 5.41) is 3.41. The van der Waals surface area contributed by atoms with Gasteiger partial charge >= 0.3 is 0 Å². The molecule has 1 spiro atoms. The third-order valence-electron chi connectivity index (χ3n) is 7.29. The summed E-state index contributed by atoms with van der Waals surface area (Å²) in [6.07, 6.45) is 7.20. The molecule has 2 saturated heterocycles. The summed E-state index contributed by atoms with van der Waals surface area (Å²) >= 11 is 0. The molecule has 3 aromatic heterocycles. The Morgan fingerprint density at radius 2 is 1.95 bits per heavy atom. The molecule has 0 radical (unpaired) electrons. The van der Waals surface area contributed by atoms with Crippen molar-refractivity contribution in [3.8, 4) is 11.5 Å². The second-order valence-electron chi connectivity index (χ2n) is 9.79. The van der Waals surface area contributed by atoms with E-state index in [9.17, 15) is 0 Å². The number of benzene rings is 2. The molecular weight excluding hydrogens is 468 g/mol. The number of nitrogens with one attached hydrogen (secondary N) is 1. The van der Waals surface area contributed by atoms with Gasteiger partial charge in [0, 0.05) is 31.8 Å². The third kappa shape index (κ3) is 3.89. The Bertz CT molecular complexity index is 1640. The third-order valence-corrected chi connectivity index (χ3v) is 7.29. The summed E-state index contributed by atoms with van der Waals surface area (Å²) in [6, 6.07) is 11.9. The zero-order valence-corrected chi connectivity index (χ0v) is 20.7. The van der Waals surface area contributed by atoms with Crippen molar-refractivity contribution >= 4 is 39.5 Å². The Morgan fingerprint density at radius 3 is 2.76 bits per heavy atom. The van der Waals surface area contributed by atoms with Crippen LogP contribution in [-0.2, 0) is 11.8 Å². The van der Waals surface area contributed by atoms with Crippen LogP contribution in [0.15, 0.2) is 55.2 Å². The minimum absolute atomic E-state index is 0.0166. The molecule has 1 atom stereocenters. The maximum absolute atomic E-state index is 6.17. The summed E-state index contributed by atoms with van der Waals surface area (Å²) < 4.78 is 14.0. The van der Waals surface area contributed by atoms with Crippen molar-refractivity contribution in [3.05, 3.63) is 60.8 Å². The Hall–Kier alpha value is -4.31. The number of fused-ring (bicyclic) bond motifs is 2. The second kappa shape index (κ2) is 8.38. The van der Waals surface area contributed by atoms with Crippen LogP contribution in [0.5, 0.6) is 11.5 Å². The lowest BCUT2D eigenvalue weighted by Crippen LogP contribution is -2.46. The number of ether oxygens (including phenoxy) is 2. The molecule has 2 aliphatic rings. The van der Waals surface area contributed by atoms with Crippen LogP contribution < -0.4 is 15.0 Å². The van der Waals surface area contributed by atoms with Crippen molar-refractivity contribution in [2.75, 3.05) is 29.9 Å². The minimum Gasteiger partial charge on any atom is -0.457 e. The molecule has 37 heavy (non-hydrogen) atoms. The van der Waals surface area contributed by atoms with E-state index >= 15 is 0 Å². The van der Waals surface area contributed by atoms with Crippen molar-refractivity contribution in [3.63, 3.8) is 0 Å². The summed E-state index contributed by atoms with van der Waals surface area (Å²) in [5.74, 6) is 2.84. The number of aryl methyl sites for hydroxylation is 2. The lowest BCUT2D eigenvalue weighted by Gasteiger charge is -2.38. The van der Waals surface area contributed by atoms with E-state index in [1.807, 2.05) is 54.9 Å². The molecule has 0 amide bonds. The maximum atomic E-state index is 6.17. The van der Waals surface area contributed by atoms with Gasteiger partial charge in [-0.3, -0.25) is 0 Å². The molecule has 2 fully saturated rings. The van der Waals surface area contributed by atoms with E-state index < -0.39 is 0 Å². The van der Waals surface area contributed by atoms with E-state index in [1.165, 1.54) is 6.33 Å². The highest BCUT2D eigenvalue weighted by atomic mass is 16.5. The van der Waals surface area contributed by atoms with E-state index in [0.717, 1.165) is 66.3 Å². The Balaban J connectivity index is 1.13. The van der Waals surface area contributed by atoms with E-state index in [-0.39, 0.29) is 5.60 Å². The maximum Gasteiger partial charge on any atom is 0.226 e. The van der Waals surface area contributed by atoms with Gasteiger partial charge in [-0.1, -0.05) is 0 Å². The molecular formula is C27H26N8O2. The van der Waals surface area contributed by atoms with Crippen LogP contribution in [0.1, 0.15) is 18.4 Å². The van der Waals surface area contributed by atoms with E-state index in [0.29, 0.717) is 22.8 Å². The largest absolute Gasteiger partial charge is 0.457 e. The Labute approximate surface area is 213 Å². The highest BCUT2D eigenvalue weighted by Gasteiger charge is 2.45. The van der Waals surface area contributed by atoms with Gasteiger partial charge in [0.2, 0.25) is 5.95 Å². The number of imidazole rings is 1. The van der Waals surface area contributed by atoms with Crippen LogP contribution in [0.3, 0.4) is 0 Å². The molecule has 7 rings (SSSR count). The van der Waals surface area contributed by atoms with Crippen molar-refractivity contribution in [2.24, 2.45) is 7.05 Å².